The van der Waals surface area contributed by atoms with Gasteiger partial charge in [0.25, 0.3) is 0 Å². The fourth-order valence-electron chi connectivity index (χ4n) is 6.13. The molecule has 3 aromatic carbocycles. The van der Waals surface area contributed by atoms with Gasteiger partial charge >= 0.3 is 12.1 Å². The first-order valence-corrected chi connectivity index (χ1v) is 19.4. The molecule has 320 valence electrons. The summed E-state index contributed by atoms with van der Waals surface area (Å²) in [6.45, 7) is 11.3. The van der Waals surface area contributed by atoms with Gasteiger partial charge in [0.2, 0.25) is 11.8 Å². The summed E-state index contributed by atoms with van der Waals surface area (Å²) in [4.78, 5) is 51.1. The van der Waals surface area contributed by atoms with Gasteiger partial charge in [0.1, 0.15) is 36.4 Å². The second kappa shape index (κ2) is 23.1. The number of halogens is 2. The summed E-state index contributed by atoms with van der Waals surface area (Å²) in [5.74, 6) is -4.10. The van der Waals surface area contributed by atoms with Gasteiger partial charge in [0, 0.05) is 29.6 Å². The highest BCUT2D eigenvalue weighted by Gasteiger charge is 2.32. The number of carboxylic acid groups (broad SMARTS) is 1. The van der Waals surface area contributed by atoms with E-state index in [1.807, 2.05) is 79.9 Å². The number of nitrogens with one attached hydrogen (secondary N) is 4. The van der Waals surface area contributed by atoms with Crippen LogP contribution in [0.2, 0.25) is 0 Å². The number of carbonyl (C=O) groups excluding carboxylic acids is 3. The van der Waals surface area contributed by atoms with E-state index in [1.165, 1.54) is 6.92 Å². The van der Waals surface area contributed by atoms with E-state index >= 15 is 0 Å². The molecule has 0 aliphatic heterocycles. The van der Waals surface area contributed by atoms with Crippen LogP contribution in [0.15, 0.2) is 91.1 Å². The number of aliphatic hydroxyl groups excluding tert-OH is 2. The number of benzene rings is 3. The Hall–Kier alpha value is -5.64. The lowest BCUT2D eigenvalue weighted by molar-refractivity contribution is -0.142. The van der Waals surface area contributed by atoms with Gasteiger partial charge in [-0.1, -0.05) is 95.3 Å². The van der Waals surface area contributed by atoms with Crippen molar-refractivity contribution in [2.45, 2.75) is 85.3 Å². The van der Waals surface area contributed by atoms with Crippen LogP contribution < -0.4 is 21.3 Å². The van der Waals surface area contributed by atoms with Crippen molar-refractivity contribution >= 4 is 23.9 Å². The Kier molecular flexibility index (Phi) is 18.7. The highest BCUT2D eigenvalue weighted by Crippen LogP contribution is 2.37. The first-order chi connectivity index (χ1) is 27.9. The molecule has 1 heterocycles. The minimum absolute atomic E-state index is 0.0101. The van der Waals surface area contributed by atoms with Crippen LogP contribution in [0.25, 0.3) is 11.1 Å². The summed E-state index contributed by atoms with van der Waals surface area (Å²) >= 11 is 0. The van der Waals surface area contributed by atoms with E-state index in [0.29, 0.717) is 12.1 Å². The SMILES string of the molecule is CC(C)[C@H](NC(=O)OCc1ccccc1)C(=O)N[C@@H](C)C(=O)N[C@@H](CCN[C@@H](c1cc(-c2cc(F)ccc2F)cn1Cc1ccccc1)C(C)(C)C)C(=O)O.OCCO. The maximum atomic E-state index is 14.9. The number of aliphatic hydroxyl groups is 2. The van der Waals surface area contributed by atoms with Crippen LogP contribution in [0, 0.1) is 23.0 Å². The molecule has 0 aliphatic rings. The van der Waals surface area contributed by atoms with Crippen LogP contribution >= 0.6 is 0 Å². The zero-order chi connectivity index (χ0) is 43.7. The summed E-state index contributed by atoms with van der Waals surface area (Å²) in [7, 11) is 0. The molecule has 0 bridgehead atoms. The number of alkyl carbamates (subject to hydrolysis) is 1. The maximum Gasteiger partial charge on any atom is 0.408 e. The van der Waals surface area contributed by atoms with Crippen molar-refractivity contribution in [3.8, 4) is 11.1 Å². The Bertz CT molecular complexity index is 1950. The van der Waals surface area contributed by atoms with E-state index in [1.54, 1.807) is 32.2 Å². The molecule has 0 fully saturated rings. The van der Waals surface area contributed by atoms with Crippen LogP contribution in [0.4, 0.5) is 13.6 Å². The third kappa shape index (κ3) is 15.2. The van der Waals surface area contributed by atoms with Crippen LogP contribution in [0.5, 0.6) is 0 Å². The predicted molar refractivity (Wildman–Crippen MR) is 220 cm³/mol. The molecule has 3 amide bonds. The molecule has 0 spiro atoms. The molecule has 4 rings (SSSR count). The van der Waals surface area contributed by atoms with E-state index in [9.17, 15) is 33.1 Å². The number of carboxylic acids is 1. The second-order valence-electron chi connectivity index (χ2n) is 15.4. The molecule has 4 atom stereocenters. The topological polar surface area (TPSA) is 191 Å². The number of carbonyl (C=O) groups is 4. The summed E-state index contributed by atoms with van der Waals surface area (Å²) in [6, 6.07) is 20.0. The quantitative estimate of drug-likeness (QED) is 0.0675. The Balaban J connectivity index is 0.00000222. The van der Waals surface area contributed by atoms with Gasteiger partial charge in [0.15, 0.2) is 0 Å². The Morgan fingerprint density at radius 3 is 1.97 bits per heavy atom. The zero-order valence-corrected chi connectivity index (χ0v) is 34.4. The Labute approximate surface area is 344 Å². The lowest BCUT2D eigenvalue weighted by Gasteiger charge is -2.33. The van der Waals surface area contributed by atoms with Crippen molar-refractivity contribution in [3.05, 3.63) is 120 Å². The molecule has 15 heteroatoms. The van der Waals surface area contributed by atoms with E-state index < -0.39 is 59.1 Å². The largest absolute Gasteiger partial charge is 0.480 e. The van der Waals surface area contributed by atoms with E-state index in [-0.39, 0.29) is 50.3 Å². The first-order valence-electron chi connectivity index (χ1n) is 19.4. The lowest BCUT2D eigenvalue weighted by Crippen LogP contribution is -2.56. The van der Waals surface area contributed by atoms with Crippen molar-refractivity contribution in [3.63, 3.8) is 0 Å². The van der Waals surface area contributed by atoms with E-state index in [4.69, 9.17) is 14.9 Å². The molecule has 0 saturated heterocycles. The molecule has 4 aromatic rings. The average molecular weight is 822 g/mol. The third-order valence-corrected chi connectivity index (χ3v) is 9.21. The maximum absolute atomic E-state index is 14.9. The predicted octanol–water partition coefficient (Wildman–Crippen LogP) is 5.54. The summed E-state index contributed by atoms with van der Waals surface area (Å²) in [5.41, 5.74) is 2.72. The zero-order valence-electron chi connectivity index (χ0n) is 34.4. The number of amides is 3. The smallest absolute Gasteiger partial charge is 0.408 e. The summed E-state index contributed by atoms with van der Waals surface area (Å²) in [5, 5.41) is 36.4. The van der Waals surface area contributed by atoms with Crippen LogP contribution in [-0.2, 0) is 32.3 Å². The molecule has 1 aromatic heterocycles. The lowest BCUT2D eigenvalue weighted by atomic mass is 9.84. The molecule has 0 radical (unpaired) electrons. The normalized spacial score (nSPS) is 13.3. The van der Waals surface area contributed by atoms with E-state index in [2.05, 4.69) is 21.3 Å². The third-order valence-electron chi connectivity index (χ3n) is 9.21. The Morgan fingerprint density at radius 2 is 1.41 bits per heavy atom. The highest BCUT2D eigenvalue weighted by molar-refractivity contribution is 5.92. The standard InChI is InChI=1S/C42H51F2N5O6.C2H6O2/c1-26(2)36(48-41(54)55-25-29-15-11-8-12-16-29)39(51)46-27(3)38(50)47-34(40(52)53)19-20-45-37(42(4,5)6)35-21-30(32-22-31(43)17-18-33(32)44)24-49(35)23-28-13-9-7-10-14-28;3-1-2-4/h7-18,21-22,24,26-27,34,36-37,45H,19-20,23,25H2,1-6H3,(H,46,51)(H,47,50)(H,48,54)(H,52,53);3-4H,1-2H2/t27-,34-,36-,37-;/m0./s1. The van der Waals surface area contributed by atoms with Gasteiger partial charge in [0.05, 0.1) is 19.3 Å². The number of hydrogen-bond donors (Lipinski definition) is 7. The van der Waals surface area contributed by atoms with E-state index in [0.717, 1.165) is 35.0 Å². The minimum Gasteiger partial charge on any atom is -0.480 e. The molecule has 0 unspecified atom stereocenters. The number of nitrogens with zero attached hydrogens (tertiary/aromatic N) is 1. The van der Waals surface area contributed by atoms with Gasteiger partial charge in [-0.05, 0) is 66.6 Å². The molecular weight excluding hydrogens is 765 g/mol. The van der Waals surface area contributed by atoms with Crippen LogP contribution in [0.3, 0.4) is 0 Å². The molecule has 59 heavy (non-hydrogen) atoms. The monoisotopic (exact) mass is 821 g/mol. The molecule has 7 N–H and O–H groups in total. The van der Waals surface area contributed by atoms with Crippen molar-refractivity contribution < 1.29 is 48.0 Å². The van der Waals surface area contributed by atoms with Crippen molar-refractivity contribution in [1.29, 1.82) is 0 Å². The van der Waals surface area contributed by atoms with Gasteiger partial charge in [-0.2, -0.15) is 0 Å². The number of aliphatic carboxylic acids is 1. The first kappa shape index (κ1) is 47.7. The summed E-state index contributed by atoms with van der Waals surface area (Å²) in [6.07, 6.45) is 0.970. The van der Waals surface area contributed by atoms with Gasteiger partial charge in [-0.15, -0.1) is 0 Å². The average Bonchev–Trinajstić information content (AvgIpc) is 3.60. The van der Waals surface area contributed by atoms with Gasteiger partial charge in [-0.25, -0.2) is 18.4 Å². The number of ether oxygens (including phenoxy) is 1. The summed E-state index contributed by atoms with van der Waals surface area (Å²) < 4.78 is 36.4. The second-order valence-corrected chi connectivity index (χ2v) is 15.4. The van der Waals surface area contributed by atoms with Crippen molar-refractivity contribution in [2.75, 3.05) is 19.8 Å². The molecule has 0 aliphatic carbocycles. The molecule has 13 nitrogen and oxygen atoms in total. The molecule has 0 saturated carbocycles. The minimum atomic E-state index is -1.31. The number of rotatable bonds is 18. The fraction of sp³-hybridized carbons (Fsp3) is 0.409. The van der Waals surface area contributed by atoms with Gasteiger partial charge < -0.3 is 45.9 Å². The Morgan fingerprint density at radius 1 is 0.797 bits per heavy atom. The number of aromatic nitrogens is 1. The fourth-order valence-corrected chi connectivity index (χ4v) is 6.13. The van der Waals surface area contributed by atoms with Crippen molar-refractivity contribution in [2.24, 2.45) is 11.3 Å². The van der Waals surface area contributed by atoms with Crippen molar-refractivity contribution in [1.82, 2.24) is 25.8 Å². The van der Waals surface area contributed by atoms with Crippen LogP contribution in [0.1, 0.15) is 70.8 Å². The molecular formula is C44H57F2N5O8. The highest BCUT2D eigenvalue weighted by atomic mass is 19.1. The van der Waals surface area contributed by atoms with Gasteiger partial charge in [-0.3, -0.25) is 9.59 Å². The van der Waals surface area contributed by atoms with Crippen LogP contribution in [-0.4, -0.2) is 81.6 Å². The number of hydrogen-bond acceptors (Lipinski definition) is 8.